The van der Waals surface area contributed by atoms with Crippen LogP contribution in [-0.4, -0.2) is 6.61 Å². The largest absolute Gasteiger partial charge is 0.492 e. The number of hydrogen-bond donors (Lipinski definition) is 2. The molecule has 0 aliphatic carbocycles. The number of nitrogen functional groups attached to an aromatic ring is 1. The van der Waals surface area contributed by atoms with Gasteiger partial charge in [0.05, 0.1) is 23.7 Å². The number of nitriles is 1. The van der Waals surface area contributed by atoms with Gasteiger partial charge >= 0.3 is 0 Å². The summed E-state index contributed by atoms with van der Waals surface area (Å²) >= 11 is 0. The van der Waals surface area contributed by atoms with Crippen LogP contribution in [0, 0.1) is 17.1 Å². The summed E-state index contributed by atoms with van der Waals surface area (Å²) in [6.45, 7) is 2.36. The summed E-state index contributed by atoms with van der Waals surface area (Å²) in [5.41, 5.74) is 7.29. The maximum Gasteiger partial charge on any atom is 0.144 e. The smallest absolute Gasteiger partial charge is 0.144 e. The van der Waals surface area contributed by atoms with Gasteiger partial charge in [0.2, 0.25) is 0 Å². The highest BCUT2D eigenvalue weighted by Crippen LogP contribution is 2.32. The van der Waals surface area contributed by atoms with Crippen LogP contribution < -0.4 is 15.8 Å². The molecule has 0 bridgehead atoms. The second kappa shape index (κ2) is 5.93. The first-order valence-corrected chi connectivity index (χ1v) is 6.14. The van der Waals surface area contributed by atoms with E-state index in [4.69, 9.17) is 15.7 Å². The first-order chi connectivity index (χ1) is 9.67. The van der Waals surface area contributed by atoms with Crippen LogP contribution in [-0.2, 0) is 0 Å². The van der Waals surface area contributed by atoms with Gasteiger partial charge < -0.3 is 15.8 Å². The van der Waals surface area contributed by atoms with Gasteiger partial charge in [-0.3, -0.25) is 0 Å². The second-order valence-corrected chi connectivity index (χ2v) is 4.05. The summed E-state index contributed by atoms with van der Waals surface area (Å²) in [6.07, 6.45) is 0. The third-order valence-corrected chi connectivity index (χ3v) is 2.76. The van der Waals surface area contributed by atoms with E-state index in [-0.39, 0.29) is 5.56 Å². The number of halogens is 1. The quantitative estimate of drug-likeness (QED) is 0.836. The summed E-state index contributed by atoms with van der Waals surface area (Å²) in [5, 5.41) is 12.0. The van der Waals surface area contributed by atoms with Gasteiger partial charge in [-0.15, -0.1) is 0 Å². The third-order valence-electron chi connectivity index (χ3n) is 2.76. The molecule has 0 radical (unpaired) electrons. The van der Waals surface area contributed by atoms with Crippen molar-refractivity contribution in [3.05, 3.63) is 47.8 Å². The Morgan fingerprint density at radius 1 is 1.25 bits per heavy atom. The number of anilines is 3. The first-order valence-electron chi connectivity index (χ1n) is 6.14. The molecule has 0 heterocycles. The van der Waals surface area contributed by atoms with Crippen molar-refractivity contribution >= 4 is 17.1 Å². The highest BCUT2D eigenvalue weighted by Gasteiger charge is 2.11. The van der Waals surface area contributed by atoms with Gasteiger partial charge in [0, 0.05) is 0 Å². The van der Waals surface area contributed by atoms with Crippen LogP contribution in [0.1, 0.15) is 12.5 Å². The van der Waals surface area contributed by atoms with Crippen molar-refractivity contribution in [2.24, 2.45) is 0 Å². The highest BCUT2D eigenvalue weighted by atomic mass is 19.1. The molecule has 0 atom stereocenters. The fraction of sp³-hybridized carbons (Fsp3) is 0.133. The number of benzene rings is 2. The van der Waals surface area contributed by atoms with E-state index in [1.165, 1.54) is 12.1 Å². The summed E-state index contributed by atoms with van der Waals surface area (Å²) in [7, 11) is 0. The van der Waals surface area contributed by atoms with Gasteiger partial charge in [-0.25, -0.2) is 4.39 Å². The molecule has 0 saturated carbocycles. The molecule has 0 spiro atoms. The first kappa shape index (κ1) is 13.7. The van der Waals surface area contributed by atoms with Crippen LogP contribution in [0.2, 0.25) is 0 Å². The Bertz CT molecular complexity index is 665. The maximum atomic E-state index is 13.5. The van der Waals surface area contributed by atoms with E-state index in [9.17, 15) is 4.39 Å². The van der Waals surface area contributed by atoms with Gasteiger partial charge in [0.25, 0.3) is 0 Å². The lowest BCUT2D eigenvalue weighted by Crippen LogP contribution is -2.02. The molecular formula is C15H14FN3O. The van der Waals surface area contributed by atoms with Gasteiger partial charge in [0.1, 0.15) is 23.2 Å². The van der Waals surface area contributed by atoms with E-state index in [1.54, 1.807) is 24.3 Å². The van der Waals surface area contributed by atoms with Gasteiger partial charge in [-0.1, -0.05) is 12.1 Å². The topological polar surface area (TPSA) is 71.1 Å². The lowest BCUT2D eigenvalue weighted by molar-refractivity contribution is 0.342. The molecule has 5 heteroatoms. The van der Waals surface area contributed by atoms with E-state index in [0.717, 1.165) is 0 Å². The van der Waals surface area contributed by atoms with Crippen LogP contribution >= 0.6 is 0 Å². The Morgan fingerprint density at radius 3 is 2.65 bits per heavy atom. The van der Waals surface area contributed by atoms with E-state index in [0.29, 0.717) is 29.4 Å². The number of nitrogens with one attached hydrogen (secondary N) is 1. The molecule has 0 unspecified atom stereocenters. The van der Waals surface area contributed by atoms with Crippen molar-refractivity contribution in [3.63, 3.8) is 0 Å². The molecule has 2 aromatic carbocycles. The lowest BCUT2D eigenvalue weighted by atomic mass is 10.1. The fourth-order valence-electron chi connectivity index (χ4n) is 1.82. The Morgan fingerprint density at radius 2 is 1.95 bits per heavy atom. The Kier molecular flexibility index (Phi) is 4.06. The summed E-state index contributed by atoms with van der Waals surface area (Å²) in [5.74, 6) is -0.0237. The Labute approximate surface area is 116 Å². The molecule has 0 aliphatic heterocycles. The average Bonchev–Trinajstić information content (AvgIpc) is 2.44. The molecule has 0 amide bonds. The molecule has 0 fully saturated rings. The number of nitrogens with two attached hydrogens (primary N) is 1. The predicted octanol–water partition coefficient (Wildman–Crippen LogP) is 3.42. The van der Waals surface area contributed by atoms with Crippen molar-refractivity contribution < 1.29 is 9.13 Å². The number of para-hydroxylation sites is 1. The summed E-state index contributed by atoms with van der Waals surface area (Å²) < 4.78 is 18.9. The molecule has 2 rings (SSSR count). The molecule has 102 valence electrons. The normalized spacial score (nSPS) is 9.85. The third kappa shape index (κ3) is 2.64. The molecule has 20 heavy (non-hydrogen) atoms. The summed E-state index contributed by atoms with van der Waals surface area (Å²) in [4.78, 5) is 0. The standard InChI is InChI=1S/C15H14FN3O/c1-2-20-14-8-4-7-13(15(14)18)19-12-6-3-5-11(16)10(12)9-17/h3-8,19H,2,18H2,1H3. The zero-order valence-corrected chi connectivity index (χ0v) is 11.0. The SMILES string of the molecule is CCOc1cccc(Nc2cccc(F)c2C#N)c1N. The molecular weight excluding hydrogens is 257 g/mol. The zero-order valence-electron chi connectivity index (χ0n) is 11.0. The van der Waals surface area contributed by atoms with Crippen molar-refractivity contribution in [2.45, 2.75) is 6.92 Å². The Balaban J connectivity index is 2.39. The molecule has 0 aliphatic rings. The van der Waals surface area contributed by atoms with Crippen LogP contribution in [0.5, 0.6) is 5.75 Å². The molecule has 2 aromatic rings. The fourth-order valence-corrected chi connectivity index (χ4v) is 1.82. The monoisotopic (exact) mass is 271 g/mol. The van der Waals surface area contributed by atoms with Gasteiger partial charge in [0.15, 0.2) is 0 Å². The van der Waals surface area contributed by atoms with Crippen LogP contribution in [0.4, 0.5) is 21.5 Å². The predicted molar refractivity (Wildman–Crippen MR) is 76.4 cm³/mol. The number of ether oxygens (including phenoxy) is 1. The van der Waals surface area contributed by atoms with Gasteiger partial charge in [-0.2, -0.15) is 5.26 Å². The average molecular weight is 271 g/mol. The lowest BCUT2D eigenvalue weighted by Gasteiger charge is -2.14. The van der Waals surface area contributed by atoms with Crippen molar-refractivity contribution in [3.8, 4) is 11.8 Å². The van der Waals surface area contributed by atoms with E-state index < -0.39 is 5.82 Å². The van der Waals surface area contributed by atoms with Crippen molar-refractivity contribution in [1.29, 1.82) is 5.26 Å². The molecule has 4 nitrogen and oxygen atoms in total. The number of nitrogens with zero attached hydrogens (tertiary/aromatic N) is 1. The minimum Gasteiger partial charge on any atom is -0.492 e. The minimum absolute atomic E-state index is 0.0475. The molecule has 3 N–H and O–H groups in total. The van der Waals surface area contributed by atoms with E-state index in [2.05, 4.69) is 5.32 Å². The minimum atomic E-state index is -0.572. The van der Waals surface area contributed by atoms with Crippen LogP contribution in [0.25, 0.3) is 0 Å². The van der Waals surface area contributed by atoms with Crippen molar-refractivity contribution in [1.82, 2.24) is 0 Å². The number of hydrogen-bond acceptors (Lipinski definition) is 4. The van der Waals surface area contributed by atoms with E-state index in [1.807, 2.05) is 13.0 Å². The molecule has 0 saturated heterocycles. The molecule has 0 aromatic heterocycles. The van der Waals surface area contributed by atoms with E-state index >= 15 is 0 Å². The van der Waals surface area contributed by atoms with Gasteiger partial charge in [-0.05, 0) is 31.2 Å². The second-order valence-electron chi connectivity index (χ2n) is 4.05. The summed E-state index contributed by atoms with van der Waals surface area (Å²) in [6, 6.07) is 11.5. The number of rotatable bonds is 4. The van der Waals surface area contributed by atoms with Crippen LogP contribution in [0.3, 0.4) is 0 Å². The zero-order chi connectivity index (χ0) is 14.5. The highest BCUT2D eigenvalue weighted by molar-refractivity contribution is 5.79. The Hall–Kier alpha value is -2.74. The van der Waals surface area contributed by atoms with Crippen molar-refractivity contribution in [2.75, 3.05) is 17.7 Å². The maximum absolute atomic E-state index is 13.5. The van der Waals surface area contributed by atoms with Crippen LogP contribution in [0.15, 0.2) is 36.4 Å².